The van der Waals surface area contributed by atoms with Gasteiger partial charge < -0.3 is 4.90 Å². The third-order valence-corrected chi connectivity index (χ3v) is 12.8. The SMILES string of the molecule is CC1(C)c2ccccc2-c2cc(N(c3ccc(-c4cccc5ccc6c7ccccc7ccc6c45)cc3)c3ccc4sc5ccccc5c4c3)ccc21. The van der Waals surface area contributed by atoms with Gasteiger partial charge in [-0.1, -0.05) is 141 Å². The number of benzene rings is 9. The van der Waals surface area contributed by atoms with Crippen LogP contribution in [-0.4, -0.2) is 0 Å². The van der Waals surface area contributed by atoms with E-state index in [9.17, 15) is 0 Å². The summed E-state index contributed by atoms with van der Waals surface area (Å²) in [5, 5.41) is 10.3. The van der Waals surface area contributed by atoms with Gasteiger partial charge >= 0.3 is 0 Å². The van der Waals surface area contributed by atoms with E-state index in [1.165, 1.54) is 85.9 Å². The number of hydrogen-bond acceptors (Lipinski definition) is 2. The molecule has 0 saturated carbocycles. The highest BCUT2D eigenvalue weighted by Crippen LogP contribution is 2.51. The molecular weight excluding hydrogens is 659 g/mol. The Morgan fingerprint density at radius 2 is 1.04 bits per heavy atom. The lowest BCUT2D eigenvalue weighted by atomic mass is 9.82. The quantitative estimate of drug-likeness (QED) is 0.166. The smallest absolute Gasteiger partial charge is 0.0468 e. The van der Waals surface area contributed by atoms with Crippen molar-refractivity contribution >= 4 is 80.9 Å². The maximum atomic E-state index is 2.44. The molecule has 1 aromatic heterocycles. The van der Waals surface area contributed by atoms with Crippen LogP contribution < -0.4 is 4.90 Å². The molecule has 250 valence electrons. The standard InChI is InChI=1S/C51H35NS/c1-51(2)46-16-7-5-13-41(46)44-30-36(24-28-47(44)51)52(37-25-29-49-45(31-37)42-14-6-8-17-48(42)53-49)35-22-18-33(19-23-35)39-15-9-11-34-21-26-40-38-12-4-3-10-32(38)20-27-43(40)50(34)39/h3-31H,1-2H3. The molecule has 0 spiro atoms. The van der Waals surface area contributed by atoms with Gasteiger partial charge in [0.15, 0.2) is 0 Å². The van der Waals surface area contributed by atoms with Gasteiger partial charge in [0, 0.05) is 42.6 Å². The van der Waals surface area contributed by atoms with E-state index in [2.05, 4.69) is 195 Å². The molecule has 53 heavy (non-hydrogen) atoms. The molecule has 11 rings (SSSR count). The first-order valence-electron chi connectivity index (χ1n) is 18.4. The van der Waals surface area contributed by atoms with Crippen LogP contribution in [0, 0.1) is 0 Å². The normalized spacial score (nSPS) is 13.2. The van der Waals surface area contributed by atoms with Crippen molar-refractivity contribution in [2.45, 2.75) is 19.3 Å². The van der Waals surface area contributed by atoms with Crippen molar-refractivity contribution in [1.82, 2.24) is 0 Å². The Kier molecular flexibility index (Phi) is 6.53. The second-order valence-corrected chi connectivity index (χ2v) is 16.0. The summed E-state index contributed by atoms with van der Waals surface area (Å²) in [5.41, 5.74) is 11.3. The Labute approximate surface area is 313 Å². The fourth-order valence-electron chi connectivity index (χ4n) is 9.05. The zero-order valence-electron chi connectivity index (χ0n) is 29.6. The molecule has 0 saturated heterocycles. The van der Waals surface area contributed by atoms with Crippen molar-refractivity contribution in [1.29, 1.82) is 0 Å². The first-order chi connectivity index (χ1) is 26.0. The van der Waals surface area contributed by atoms with Crippen molar-refractivity contribution in [3.8, 4) is 22.3 Å². The number of thiophene rings is 1. The molecule has 0 unspecified atom stereocenters. The van der Waals surface area contributed by atoms with Gasteiger partial charge in [0.25, 0.3) is 0 Å². The Bertz CT molecular complexity index is 3090. The van der Waals surface area contributed by atoms with Crippen molar-refractivity contribution < 1.29 is 0 Å². The van der Waals surface area contributed by atoms with Gasteiger partial charge in [-0.2, -0.15) is 0 Å². The second kappa shape index (κ2) is 11.4. The summed E-state index contributed by atoms with van der Waals surface area (Å²) in [7, 11) is 0. The van der Waals surface area contributed by atoms with Crippen LogP contribution in [0.2, 0.25) is 0 Å². The number of anilines is 3. The number of fused-ring (bicyclic) bond motifs is 11. The molecule has 0 radical (unpaired) electrons. The van der Waals surface area contributed by atoms with Gasteiger partial charge in [0.05, 0.1) is 0 Å². The molecule has 1 heterocycles. The molecule has 0 aliphatic heterocycles. The van der Waals surface area contributed by atoms with Crippen molar-refractivity contribution in [3.63, 3.8) is 0 Å². The Balaban J connectivity index is 1.09. The van der Waals surface area contributed by atoms with Crippen LogP contribution in [0.4, 0.5) is 17.1 Å². The van der Waals surface area contributed by atoms with Gasteiger partial charge in [-0.05, 0) is 114 Å². The minimum Gasteiger partial charge on any atom is -0.310 e. The second-order valence-electron chi connectivity index (χ2n) is 14.9. The Morgan fingerprint density at radius 1 is 0.396 bits per heavy atom. The third kappa shape index (κ3) is 4.56. The molecule has 1 aliphatic carbocycles. The van der Waals surface area contributed by atoms with Crippen molar-refractivity contribution in [2.75, 3.05) is 4.90 Å². The molecule has 9 aromatic carbocycles. The van der Waals surface area contributed by atoms with Crippen LogP contribution in [0.15, 0.2) is 176 Å². The molecule has 0 atom stereocenters. The van der Waals surface area contributed by atoms with Gasteiger partial charge in [-0.3, -0.25) is 0 Å². The molecule has 0 N–H and O–H groups in total. The van der Waals surface area contributed by atoms with Crippen LogP contribution in [0.3, 0.4) is 0 Å². The highest BCUT2D eigenvalue weighted by molar-refractivity contribution is 7.25. The fourth-order valence-corrected chi connectivity index (χ4v) is 10.1. The van der Waals surface area contributed by atoms with Crippen LogP contribution >= 0.6 is 11.3 Å². The zero-order valence-corrected chi connectivity index (χ0v) is 30.4. The third-order valence-electron chi connectivity index (χ3n) is 11.6. The maximum absolute atomic E-state index is 2.44. The van der Waals surface area contributed by atoms with E-state index in [0.29, 0.717) is 0 Å². The zero-order chi connectivity index (χ0) is 35.3. The van der Waals surface area contributed by atoms with Crippen molar-refractivity contribution in [3.05, 3.63) is 187 Å². The van der Waals surface area contributed by atoms with E-state index in [1.54, 1.807) is 0 Å². The molecule has 1 nitrogen and oxygen atoms in total. The predicted octanol–water partition coefficient (Wildman–Crippen LogP) is 15.0. The van der Waals surface area contributed by atoms with E-state index in [0.717, 1.165) is 17.1 Å². The monoisotopic (exact) mass is 693 g/mol. The first kappa shape index (κ1) is 30.4. The fraction of sp³-hybridized carbons (Fsp3) is 0.0588. The number of nitrogens with zero attached hydrogens (tertiary/aromatic N) is 1. The average Bonchev–Trinajstić information content (AvgIpc) is 3.69. The molecule has 10 aromatic rings. The highest BCUT2D eigenvalue weighted by Gasteiger charge is 2.35. The van der Waals surface area contributed by atoms with Gasteiger partial charge in [0.2, 0.25) is 0 Å². The van der Waals surface area contributed by atoms with Crippen LogP contribution in [0.1, 0.15) is 25.0 Å². The highest BCUT2D eigenvalue weighted by atomic mass is 32.1. The Hall–Kier alpha value is -6.22. The van der Waals surface area contributed by atoms with E-state index in [-0.39, 0.29) is 5.41 Å². The lowest BCUT2D eigenvalue weighted by Gasteiger charge is -2.27. The van der Waals surface area contributed by atoms with Crippen LogP contribution in [0.25, 0.3) is 74.7 Å². The topological polar surface area (TPSA) is 3.24 Å². The molecule has 2 heteroatoms. The summed E-state index contributed by atoms with van der Waals surface area (Å²) in [6.07, 6.45) is 0. The van der Waals surface area contributed by atoms with Crippen LogP contribution in [0.5, 0.6) is 0 Å². The molecular formula is C51H35NS. The Morgan fingerprint density at radius 3 is 1.94 bits per heavy atom. The molecule has 0 fully saturated rings. The summed E-state index contributed by atoms with van der Waals surface area (Å²) in [6, 6.07) is 65.5. The van der Waals surface area contributed by atoms with E-state index in [4.69, 9.17) is 0 Å². The minimum absolute atomic E-state index is 0.0413. The van der Waals surface area contributed by atoms with Gasteiger partial charge in [-0.15, -0.1) is 11.3 Å². The van der Waals surface area contributed by atoms with E-state index >= 15 is 0 Å². The summed E-state index contributed by atoms with van der Waals surface area (Å²) in [6.45, 7) is 4.70. The molecule has 1 aliphatic rings. The molecule has 0 amide bonds. The lowest BCUT2D eigenvalue weighted by Crippen LogP contribution is -2.15. The number of rotatable bonds is 4. The van der Waals surface area contributed by atoms with Gasteiger partial charge in [0.1, 0.15) is 0 Å². The largest absolute Gasteiger partial charge is 0.310 e. The summed E-state index contributed by atoms with van der Waals surface area (Å²) < 4.78 is 2.63. The summed E-state index contributed by atoms with van der Waals surface area (Å²) in [4.78, 5) is 2.44. The van der Waals surface area contributed by atoms with Crippen LogP contribution in [-0.2, 0) is 5.41 Å². The van der Waals surface area contributed by atoms with E-state index in [1.807, 2.05) is 11.3 Å². The molecule has 0 bridgehead atoms. The summed E-state index contributed by atoms with van der Waals surface area (Å²) in [5.74, 6) is 0. The first-order valence-corrected chi connectivity index (χ1v) is 19.2. The van der Waals surface area contributed by atoms with Crippen molar-refractivity contribution in [2.24, 2.45) is 0 Å². The lowest BCUT2D eigenvalue weighted by molar-refractivity contribution is 0.660. The van der Waals surface area contributed by atoms with E-state index < -0.39 is 0 Å². The number of hydrogen-bond donors (Lipinski definition) is 0. The summed E-state index contributed by atoms with van der Waals surface area (Å²) >= 11 is 1.87. The van der Waals surface area contributed by atoms with Gasteiger partial charge in [-0.25, -0.2) is 0 Å². The average molecular weight is 694 g/mol. The maximum Gasteiger partial charge on any atom is 0.0468 e. The predicted molar refractivity (Wildman–Crippen MR) is 230 cm³/mol. The minimum atomic E-state index is -0.0413.